The minimum absolute atomic E-state index is 0.131. The first-order chi connectivity index (χ1) is 8.01. The van der Waals surface area contributed by atoms with Crippen molar-refractivity contribution in [1.82, 2.24) is 4.90 Å². The Kier molecular flexibility index (Phi) is 5.11. The molecule has 1 fully saturated rings. The average molecular weight is 251 g/mol. The number of piperidine rings is 1. The second-order valence-corrected chi connectivity index (χ2v) is 4.16. The number of likely N-dealkylation sites (tertiary alicyclic amines) is 1. The van der Waals surface area contributed by atoms with Gasteiger partial charge in [0.1, 0.15) is 6.10 Å². The molecular formula is C11H19F2NO3. The van der Waals surface area contributed by atoms with Gasteiger partial charge >= 0.3 is 6.09 Å². The fourth-order valence-corrected chi connectivity index (χ4v) is 1.76. The van der Waals surface area contributed by atoms with Gasteiger partial charge < -0.3 is 14.4 Å². The van der Waals surface area contributed by atoms with Crippen molar-refractivity contribution in [2.45, 2.75) is 38.2 Å². The van der Waals surface area contributed by atoms with Crippen molar-refractivity contribution in [2.24, 2.45) is 0 Å². The predicted molar refractivity (Wildman–Crippen MR) is 58.2 cm³/mol. The van der Waals surface area contributed by atoms with E-state index < -0.39 is 24.7 Å². The molecule has 0 N–H and O–H groups in total. The van der Waals surface area contributed by atoms with Gasteiger partial charge in [-0.3, -0.25) is 0 Å². The number of rotatable bonds is 4. The summed E-state index contributed by atoms with van der Waals surface area (Å²) in [7, 11) is 1.26. The van der Waals surface area contributed by atoms with E-state index in [0.717, 1.165) is 17.7 Å². The van der Waals surface area contributed by atoms with E-state index in [9.17, 15) is 13.6 Å². The van der Waals surface area contributed by atoms with Crippen LogP contribution in [0.15, 0.2) is 0 Å². The number of hydrogen-bond donors (Lipinski definition) is 0. The predicted octanol–water partition coefficient (Wildman–Crippen LogP) is 2.28. The van der Waals surface area contributed by atoms with Crippen LogP contribution in [-0.2, 0) is 9.47 Å². The molecule has 1 amide bonds. The number of carbonyl (C=O) groups is 1. The van der Waals surface area contributed by atoms with Crippen molar-refractivity contribution in [1.29, 1.82) is 0 Å². The Labute approximate surface area is 99.9 Å². The number of amides is 1. The third-order valence-corrected chi connectivity index (χ3v) is 2.80. The van der Waals surface area contributed by atoms with Crippen LogP contribution in [0.4, 0.5) is 13.6 Å². The molecule has 0 radical (unpaired) electrons. The van der Waals surface area contributed by atoms with Crippen molar-refractivity contribution in [3.8, 4) is 0 Å². The van der Waals surface area contributed by atoms with Gasteiger partial charge in [0, 0.05) is 13.7 Å². The van der Waals surface area contributed by atoms with E-state index in [-0.39, 0.29) is 19.6 Å². The van der Waals surface area contributed by atoms with Gasteiger partial charge in [0.25, 0.3) is 5.92 Å². The van der Waals surface area contributed by atoms with Crippen LogP contribution in [0.3, 0.4) is 0 Å². The zero-order valence-electron chi connectivity index (χ0n) is 10.2. The number of ether oxygens (including phenoxy) is 2. The van der Waals surface area contributed by atoms with Crippen LogP contribution in [0.2, 0.25) is 0 Å². The lowest BCUT2D eigenvalue weighted by Gasteiger charge is -2.36. The Morgan fingerprint density at radius 3 is 2.76 bits per heavy atom. The SMILES string of the molecule is CCCCOC(=O)N1CCC(OC)C(F)(F)C1. The summed E-state index contributed by atoms with van der Waals surface area (Å²) < 4.78 is 36.6. The second-order valence-electron chi connectivity index (χ2n) is 4.16. The van der Waals surface area contributed by atoms with Gasteiger partial charge in [-0.2, -0.15) is 0 Å². The Morgan fingerprint density at radius 1 is 1.53 bits per heavy atom. The van der Waals surface area contributed by atoms with Crippen molar-refractivity contribution in [2.75, 3.05) is 26.8 Å². The van der Waals surface area contributed by atoms with Gasteiger partial charge in [0.2, 0.25) is 0 Å². The largest absolute Gasteiger partial charge is 0.449 e. The fourth-order valence-electron chi connectivity index (χ4n) is 1.76. The van der Waals surface area contributed by atoms with E-state index in [0.29, 0.717) is 0 Å². The Bertz CT molecular complexity index is 261. The van der Waals surface area contributed by atoms with E-state index in [1.807, 2.05) is 6.92 Å². The molecule has 100 valence electrons. The summed E-state index contributed by atoms with van der Waals surface area (Å²) in [6.07, 6.45) is 0.00739. The average Bonchev–Trinajstić information content (AvgIpc) is 2.28. The number of carbonyl (C=O) groups excluding carboxylic acids is 1. The molecule has 0 spiro atoms. The lowest BCUT2D eigenvalue weighted by atomic mass is 10.0. The normalized spacial score (nSPS) is 23.5. The minimum atomic E-state index is -3.00. The number of nitrogens with zero attached hydrogens (tertiary/aromatic N) is 1. The lowest BCUT2D eigenvalue weighted by molar-refractivity contribution is -0.157. The maximum atomic E-state index is 13.5. The number of hydrogen-bond acceptors (Lipinski definition) is 3. The van der Waals surface area contributed by atoms with Gasteiger partial charge in [0.15, 0.2) is 0 Å². The van der Waals surface area contributed by atoms with Crippen LogP contribution in [0.25, 0.3) is 0 Å². The minimum Gasteiger partial charge on any atom is -0.449 e. The van der Waals surface area contributed by atoms with E-state index in [2.05, 4.69) is 0 Å². The van der Waals surface area contributed by atoms with Crippen molar-refractivity contribution in [3.63, 3.8) is 0 Å². The fraction of sp³-hybridized carbons (Fsp3) is 0.909. The standard InChI is InChI=1S/C11H19F2NO3/c1-3-4-7-17-10(15)14-6-5-9(16-2)11(12,13)8-14/h9H,3-8H2,1-2H3. The van der Waals surface area contributed by atoms with Gasteiger partial charge in [-0.15, -0.1) is 0 Å². The van der Waals surface area contributed by atoms with Crippen LogP contribution in [0, 0.1) is 0 Å². The Balaban J connectivity index is 2.44. The molecule has 1 heterocycles. The zero-order chi connectivity index (χ0) is 12.9. The summed E-state index contributed by atoms with van der Waals surface area (Å²) in [4.78, 5) is 12.5. The molecule has 17 heavy (non-hydrogen) atoms. The van der Waals surface area contributed by atoms with Crippen LogP contribution in [0.1, 0.15) is 26.2 Å². The molecule has 1 saturated heterocycles. The number of methoxy groups -OCH3 is 1. The van der Waals surface area contributed by atoms with Gasteiger partial charge in [-0.1, -0.05) is 13.3 Å². The van der Waals surface area contributed by atoms with E-state index in [1.54, 1.807) is 0 Å². The summed E-state index contributed by atoms with van der Waals surface area (Å²) in [6, 6.07) is 0. The smallest absolute Gasteiger partial charge is 0.409 e. The van der Waals surface area contributed by atoms with Crippen LogP contribution < -0.4 is 0 Å². The highest BCUT2D eigenvalue weighted by Gasteiger charge is 2.46. The third kappa shape index (κ3) is 3.80. The quantitative estimate of drug-likeness (QED) is 0.719. The number of alkyl halides is 2. The summed E-state index contributed by atoms with van der Waals surface area (Å²) >= 11 is 0. The molecular weight excluding hydrogens is 232 g/mol. The summed E-state index contributed by atoms with van der Waals surface area (Å²) in [5.41, 5.74) is 0. The molecule has 6 heteroatoms. The molecule has 1 atom stereocenters. The van der Waals surface area contributed by atoms with Crippen molar-refractivity contribution in [3.05, 3.63) is 0 Å². The molecule has 0 aliphatic carbocycles. The summed E-state index contributed by atoms with van der Waals surface area (Å²) in [6.45, 7) is 1.87. The monoisotopic (exact) mass is 251 g/mol. The van der Waals surface area contributed by atoms with Crippen LogP contribution in [0.5, 0.6) is 0 Å². The van der Waals surface area contributed by atoms with E-state index >= 15 is 0 Å². The van der Waals surface area contributed by atoms with Crippen molar-refractivity contribution >= 4 is 6.09 Å². The lowest BCUT2D eigenvalue weighted by Crippen LogP contribution is -2.54. The molecule has 0 aromatic heterocycles. The first-order valence-electron chi connectivity index (χ1n) is 5.83. The van der Waals surface area contributed by atoms with Gasteiger partial charge in [-0.05, 0) is 12.8 Å². The second kappa shape index (κ2) is 6.14. The maximum absolute atomic E-state index is 13.5. The highest BCUT2D eigenvalue weighted by Crippen LogP contribution is 2.29. The van der Waals surface area contributed by atoms with Crippen molar-refractivity contribution < 1.29 is 23.0 Å². The van der Waals surface area contributed by atoms with Gasteiger partial charge in [0.05, 0.1) is 13.2 Å². The Hall–Kier alpha value is -0.910. The molecule has 1 rings (SSSR count). The topological polar surface area (TPSA) is 38.8 Å². The zero-order valence-corrected chi connectivity index (χ0v) is 10.2. The number of unbranched alkanes of at least 4 members (excludes halogenated alkanes) is 1. The first kappa shape index (κ1) is 14.2. The molecule has 0 bridgehead atoms. The molecule has 1 aliphatic heterocycles. The highest BCUT2D eigenvalue weighted by atomic mass is 19.3. The molecule has 0 aromatic rings. The third-order valence-electron chi connectivity index (χ3n) is 2.80. The van der Waals surface area contributed by atoms with Crippen LogP contribution >= 0.6 is 0 Å². The molecule has 0 aromatic carbocycles. The molecule has 1 aliphatic rings. The van der Waals surface area contributed by atoms with E-state index in [4.69, 9.17) is 9.47 Å². The number of halogens is 2. The highest BCUT2D eigenvalue weighted by molar-refractivity contribution is 5.67. The van der Waals surface area contributed by atoms with E-state index in [1.165, 1.54) is 7.11 Å². The molecule has 0 saturated carbocycles. The van der Waals surface area contributed by atoms with Crippen LogP contribution in [-0.4, -0.2) is 49.8 Å². The summed E-state index contributed by atoms with van der Waals surface area (Å²) in [5.74, 6) is -3.00. The van der Waals surface area contributed by atoms with Gasteiger partial charge in [-0.25, -0.2) is 13.6 Å². The summed E-state index contributed by atoms with van der Waals surface area (Å²) in [5, 5.41) is 0. The Morgan fingerprint density at radius 2 is 2.24 bits per heavy atom. The molecule has 4 nitrogen and oxygen atoms in total. The maximum Gasteiger partial charge on any atom is 0.409 e. The first-order valence-corrected chi connectivity index (χ1v) is 5.83. The molecule has 1 unspecified atom stereocenters.